The van der Waals surface area contributed by atoms with Crippen LogP contribution in [0.1, 0.15) is 29.5 Å². The molecule has 0 heterocycles. The largest absolute Gasteiger partial charge is 0.508 e. The molecule has 1 amide bonds. The lowest BCUT2D eigenvalue weighted by Gasteiger charge is -2.46. The third-order valence-corrected chi connectivity index (χ3v) is 7.28. The molecule has 0 saturated heterocycles. The topological polar surface area (TPSA) is 158 Å². The first-order valence-corrected chi connectivity index (χ1v) is 10.9. The maximum atomic E-state index is 13.5. The zero-order valence-corrected chi connectivity index (χ0v) is 18.3. The van der Waals surface area contributed by atoms with E-state index in [2.05, 4.69) is 0 Å². The van der Waals surface area contributed by atoms with Crippen molar-refractivity contribution >= 4 is 23.2 Å². The van der Waals surface area contributed by atoms with Crippen LogP contribution in [0.15, 0.2) is 53.3 Å². The summed E-state index contributed by atoms with van der Waals surface area (Å²) in [5.74, 6) is -6.32. The number of hydrogen-bond acceptors (Lipinski definition) is 7. The number of aliphatic hydroxyl groups is 3. The molecule has 5 rings (SSSR count). The number of nitrogens with two attached hydrogens (primary N) is 1. The molecule has 0 radical (unpaired) electrons. The van der Waals surface area contributed by atoms with Gasteiger partial charge in [0.25, 0.3) is 5.91 Å². The SMILES string of the molecule is Cc1cccc(-c2ccc(O)c3c2C[C@H]2C[C@H]4CC(=O)C(C(N)=O)=C(O)[C@@]4(O)C(=O)C2=C3O)c1. The predicted octanol–water partition coefficient (Wildman–Crippen LogP) is 2.40. The number of carbonyl (C=O) groups excluding carboxylic acids is 3. The van der Waals surface area contributed by atoms with Gasteiger partial charge in [-0.05, 0) is 48.4 Å². The second kappa shape index (κ2) is 7.30. The van der Waals surface area contributed by atoms with Crippen molar-refractivity contribution in [3.8, 4) is 16.9 Å². The van der Waals surface area contributed by atoms with Crippen LogP contribution >= 0.6 is 0 Å². The Morgan fingerprint density at radius 2 is 1.82 bits per heavy atom. The molecule has 6 N–H and O–H groups in total. The first-order valence-electron chi connectivity index (χ1n) is 10.9. The lowest BCUT2D eigenvalue weighted by atomic mass is 9.59. The summed E-state index contributed by atoms with van der Waals surface area (Å²) in [7, 11) is 0. The maximum Gasteiger partial charge on any atom is 0.255 e. The number of carbonyl (C=O) groups is 3. The van der Waals surface area contributed by atoms with Crippen molar-refractivity contribution < 1.29 is 34.8 Å². The summed E-state index contributed by atoms with van der Waals surface area (Å²) in [5, 5.41) is 43.7. The van der Waals surface area contributed by atoms with Gasteiger partial charge in [0.05, 0.1) is 5.56 Å². The predicted molar refractivity (Wildman–Crippen MR) is 122 cm³/mol. The number of phenols is 1. The fourth-order valence-electron chi connectivity index (χ4n) is 5.70. The van der Waals surface area contributed by atoms with E-state index in [0.29, 0.717) is 5.56 Å². The van der Waals surface area contributed by atoms with Crippen LogP contribution in [0.4, 0.5) is 0 Å². The third kappa shape index (κ3) is 2.85. The van der Waals surface area contributed by atoms with E-state index in [1.807, 2.05) is 31.2 Å². The zero-order chi connectivity index (χ0) is 24.5. The summed E-state index contributed by atoms with van der Waals surface area (Å²) in [4.78, 5) is 37.7. The van der Waals surface area contributed by atoms with Crippen molar-refractivity contribution in [2.24, 2.45) is 17.6 Å². The number of aliphatic hydroxyl groups excluding tert-OH is 2. The van der Waals surface area contributed by atoms with E-state index in [4.69, 9.17) is 5.73 Å². The van der Waals surface area contributed by atoms with Gasteiger partial charge in [-0.1, -0.05) is 35.9 Å². The van der Waals surface area contributed by atoms with Gasteiger partial charge < -0.3 is 26.2 Å². The number of fused-ring (bicyclic) bond motifs is 3. The van der Waals surface area contributed by atoms with Crippen LogP contribution in [-0.4, -0.2) is 43.5 Å². The molecular formula is C26H23NO7. The first-order chi connectivity index (χ1) is 16.1. The Balaban J connectivity index is 1.71. The molecule has 3 aliphatic rings. The molecule has 8 nitrogen and oxygen atoms in total. The molecule has 3 atom stereocenters. The van der Waals surface area contributed by atoms with Gasteiger partial charge in [0.15, 0.2) is 11.4 Å². The van der Waals surface area contributed by atoms with Crippen molar-refractivity contribution in [3.63, 3.8) is 0 Å². The minimum absolute atomic E-state index is 0.0890. The number of aromatic hydroxyl groups is 1. The second-order valence-corrected chi connectivity index (χ2v) is 9.26. The Morgan fingerprint density at radius 3 is 2.50 bits per heavy atom. The second-order valence-electron chi connectivity index (χ2n) is 9.26. The molecule has 0 bridgehead atoms. The number of ketones is 2. The van der Waals surface area contributed by atoms with Crippen LogP contribution in [0, 0.1) is 18.8 Å². The standard InChI is InChI=1S/C26H23NO7/c1-11-3-2-4-12(7-11)15-5-6-17(28)20-16(15)9-13-8-14-10-18(29)21(25(27)33)24(32)26(14,34)23(31)19(13)22(20)30/h2-7,13-14,28,30,32,34H,8-10H2,1H3,(H2,27,33)/t13-,14+,26+/m1/s1. The summed E-state index contributed by atoms with van der Waals surface area (Å²) in [6.07, 6.45) is 0.0324. The number of Topliss-reactive ketones (excluding diaryl/α,β-unsaturated/α-hetero) is 2. The van der Waals surface area contributed by atoms with Gasteiger partial charge in [0.1, 0.15) is 22.8 Å². The Kier molecular flexibility index (Phi) is 4.70. The first kappa shape index (κ1) is 21.9. The zero-order valence-electron chi connectivity index (χ0n) is 18.3. The maximum absolute atomic E-state index is 13.5. The van der Waals surface area contributed by atoms with Crippen LogP contribution in [-0.2, 0) is 20.8 Å². The molecule has 8 heteroatoms. The van der Waals surface area contributed by atoms with E-state index in [9.17, 15) is 34.8 Å². The highest BCUT2D eigenvalue weighted by molar-refractivity contribution is 6.22. The van der Waals surface area contributed by atoms with Gasteiger partial charge >= 0.3 is 0 Å². The molecule has 2 aromatic rings. The van der Waals surface area contributed by atoms with Crippen molar-refractivity contribution in [2.75, 3.05) is 0 Å². The minimum Gasteiger partial charge on any atom is -0.508 e. The Hall–Kier alpha value is -3.91. The van der Waals surface area contributed by atoms with E-state index < -0.39 is 52.0 Å². The van der Waals surface area contributed by atoms with Gasteiger partial charge in [0, 0.05) is 17.9 Å². The monoisotopic (exact) mass is 461 g/mol. The number of rotatable bonds is 2. The smallest absolute Gasteiger partial charge is 0.255 e. The summed E-state index contributed by atoms with van der Waals surface area (Å²) >= 11 is 0. The molecule has 34 heavy (non-hydrogen) atoms. The summed E-state index contributed by atoms with van der Waals surface area (Å²) in [6, 6.07) is 10.9. The Bertz CT molecular complexity index is 1370. The molecule has 0 aromatic heterocycles. The van der Waals surface area contributed by atoms with Crippen LogP contribution in [0.5, 0.6) is 5.75 Å². The molecule has 0 spiro atoms. The quantitative estimate of drug-likeness (QED) is 0.430. The van der Waals surface area contributed by atoms with Crippen LogP contribution in [0.3, 0.4) is 0 Å². The van der Waals surface area contributed by atoms with Crippen LogP contribution in [0.25, 0.3) is 16.9 Å². The number of phenolic OH excluding ortho intramolecular Hbond substituents is 1. The molecule has 3 aliphatic carbocycles. The van der Waals surface area contributed by atoms with Gasteiger partial charge in [0.2, 0.25) is 5.78 Å². The minimum atomic E-state index is -2.56. The number of hydrogen-bond donors (Lipinski definition) is 5. The highest BCUT2D eigenvalue weighted by Gasteiger charge is 2.60. The van der Waals surface area contributed by atoms with Gasteiger partial charge in [-0.25, -0.2) is 0 Å². The van der Waals surface area contributed by atoms with Gasteiger partial charge in [-0.15, -0.1) is 0 Å². The van der Waals surface area contributed by atoms with Crippen LogP contribution in [0.2, 0.25) is 0 Å². The Morgan fingerprint density at radius 1 is 1.09 bits per heavy atom. The molecule has 0 unspecified atom stereocenters. The summed E-state index contributed by atoms with van der Waals surface area (Å²) in [5.41, 5.74) is 5.14. The van der Waals surface area contributed by atoms with Crippen molar-refractivity contribution in [2.45, 2.75) is 31.8 Å². The molecular weight excluding hydrogens is 438 g/mol. The number of aryl methyl sites for hydroxylation is 1. The van der Waals surface area contributed by atoms with E-state index in [1.54, 1.807) is 6.07 Å². The summed E-state index contributed by atoms with van der Waals surface area (Å²) < 4.78 is 0. The lowest BCUT2D eigenvalue weighted by molar-refractivity contribution is -0.147. The van der Waals surface area contributed by atoms with E-state index in [-0.39, 0.29) is 36.1 Å². The number of benzene rings is 2. The number of primary amides is 1. The fraction of sp³-hybridized carbons (Fsp3) is 0.269. The van der Waals surface area contributed by atoms with Crippen molar-refractivity contribution in [1.29, 1.82) is 0 Å². The molecule has 0 aliphatic heterocycles. The molecule has 1 fully saturated rings. The van der Waals surface area contributed by atoms with Gasteiger partial charge in [-0.2, -0.15) is 0 Å². The normalized spacial score (nSPS) is 26.2. The average molecular weight is 461 g/mol. The van der Waals surface area contributed by atoms with Crippen molar-refractivity contribution in [1.82, 2.24) is 0 Å². The number of amides is 1. The molecule has 2 aromatic carbocycles. The summed E-state index contributed by atoms with van der Waals surface area (Å²) in [6.45, 7) is 1.95. The highest BCUT2D eigenvalue weighted by atomic mass is 16.3. The average Bonchev–Trinajstić information content (AvgIpc) is 2.76. The van der Waals surface area contributed by atoms with E-state index in [1.165, 1.54) is 6.07 Å². The lowest BCUT2D eigenvalue weighted by Crippen LogP contribution is -2.58. The van der Waals surface area contributed by atoms with E-state index in [0.717, 1.165) is 16.7 Å². The van der Waals surface area contributed by atoms with E-state index >= 15 is 0 Å². The highest BCUT2D eigenvalue weighted by Crippen LogP contribution is 2.53. The van der Waals surface area contributed by atoms with Gasteiger partial charge in [-0.3, -0.25) is 14.4 Å². The molecule has 174 valence electrons. The molecule has 1 saturated carbocycles. The fourth-order valence-corrected chi connectivity index (χ4v) is 5.70. The third-order valence-electron chi connectivity index (χ3n) is 7.28. The van der Waals surface area contributed by atoms with Crippen LogP contribution < -0.4 is 5.73 Å². The Labute approximate surface area is 194 Å². The van der Waals surface area contributed by atoms with Crippen molar-refractivity contribution in [3.05, 3.63) is 70.0 Å².